The van der Waals surface area contributed by atoms with Gasteiger partial charge in [-0.25, -0.2) is 0 Å². The predicted molar refractivity (Wildman–Crippen MR) is 51.0 cm³/mol. The maximum atomic E-state index is 5.86. The summed E-state index contributed by atoms with van der Waals surface area (Å²) in [5, 5.41) is 0. The minimum absolute atomic E-state index is 0.480. The van der Waals surface area contributed by atoms with Crippen molar-refractivity contribution in [3.05, 3.63) is 0 Å². The fraction of sp³-hybridized carbons (Fsp3) is 1.00. The number of rotatable bonds is 5. The molecule has 1 aliphatic carbocycles. The molecule has 0 aliphatic heterocycles. The molecular formula is C10H21NO. The molecule has 0 aromatic heterocycles. The first-order valence-electron chi connectivity index (χ1n) is 5.15. The minimum Gasteiger partial charge on any atom is -0.375 e. The normalized spacial score (nSPS) is 29.0. The van der Waals surface area contributed by atoms with Gasteiger partial charge in [-0.1, -0.05) is 13.8 Å². The van der Waals surface area contributed by atoms with Gasteiger partial charge in [0.25, 0.3) is 0 Å². The van der Waals surface area contributed by atoms with Crippen molar-refractivity contribution in [1.29, 1.82) is 0 Å². The Morgan fingerprint density at radius 3 is 2.33 bits per heavy atom. The lowest BCUT2D eigenvalue weighted by atomic mass is 9.82. The Kier molecular flexibility index (Phi) is 4.02. The Morgan fingerprint density at radius 1 is 1.33 bits per heavy atom. The van der Waals surface area contributed by atoms with Crippen molar-refractivity contribution in [3.8, 4) is 0 Å². The van der Waals surface area contributed by atoms with Crippen molar-refractivity contribution in [2.75, 3.05) is 6.54 Å². The second-order valence-corrected chi connectivity index (χ2v) is 3.77. The first-order chi connectivity index (χ1) is 5.80. The predicted octanol–water partition coefficient (Wildman–Crippen LogP) is 1.93. The highest BCUT2D eigenvalue weighted by atomic mass is 16.5. The largest absolute Gasteiger partial charge is 0.375 e. The van der Waals surface area contributed by atoms with Crippen LogP contribution in [0.2, 0.25) is 0 Å². The van der Waals surface area contributed by atoms with Gasteiger partial charge in [0, 0.05) is 0 Å². The summed E-state index contributed by atoms with van der Waals surface area (Å²) < 4.78 is 5.86. The van der Waals surface area contributed by atoms with E-state index in [-0.39, 0.29) is 0 Å². The van der Waals surface area contributed by atoms with E-state index in [1.54, 1.807) is 0 Å². The first kappa shape index (κ1) is 10.0. The quantitative estimate of drug-likeness (QED) is 0.686. The lowest BCUT2D eigenvalue weighted by Gasteiger charge is -2.36. The summed E-state index contributed by atoms with van der Waals surface area (Å²) in [5.41, 5.74) is 5.54. The van der Waals surface area contributed by atoms with Crippen LogP contribution in [0.25, 0.3) is 0 Å². The molecule has 0 aromatic carbocycles. The Balaban J connectivity index is 2.09. The fourth-order valence-corrected chi connectivity index (χ4v) is 1.73. The third kappa shape index (κ3) is 2.46. The number of hydrogen-bond acceptors (Lipinski definition) is 2. The zero-order chi connectivity index (χ0) is 8.97. The average Bonchev–Trinajstić information content (AvgIpc) is 2.03. The topological polar surface area (TPSA) is 35.2 Å². The number of ether oxygens (including phenoxy) is 1. The van der Waals surface area contributed by atoms with Crippen LogP contribution < -0.4 is 5.73 Å². The minimum atomic E-state index is 0.480. The Labute approximate surface area is 75.5 Å². The molecule has 0 amide bonds. The molecule has 12 heavy (non-hydrogen) atoms. The van der Waals surface area contributed by atoms with E-state index in [4.69, 9.17) is 10.5 Å². The van der Waals surface area contributed by atoms with E-state index >= 15 is 0 Å². The van der Waals surface area contributed by atoms with Crippen molar-refractivity contribution in [3.63, 3.8) is 0 Å². The van der Waals surface area contributed by atoms with Gasteiger partial charge in [-0.2, -0.15) is 0 Å². The second-order valence-electron chi connectivity index (χ2n) is 3.77. The van der Waals surface area contributed by atoms with Gasteiger partial charge in [0.2, 0.25) is 0 Å². The summed E-state index contributed by atoms with van der Waals surface area (Å²) in [6.07, 6.45) is 5.65. The molecule has 0 aromatic rings. The van der Waals surface area contributed by atoms with E-state index in [1.807, 2.05) is 0 Å². The molecule has 1 rings (SSSR count). The molecule has 2 N–H and O–H groups in total. The molecule has 0 radical (unpaired) electrons. The third-order valence-corrected chi connectivity index (χ3v) is 2.82. The molecule has 0 bridgehead atoms. The lowest BCUT2D eigenvalue weighted by molar-refractivity contribution is -0.0756. The van der Waals surface area contributed by atoms with Gasteiger partial charge in [-0.15, -0.1) is 0 Å². The van der Waals surface area contributed by atoms with Crippen LogP contribution in [-0.4, -0.2) is 18.8 Å². The zero-order valence-electron chi connectivity index (χ0n) is 8.25. The maximum Gasteiger partial charge on any atom is 0.0585 e. The molecule has 2 nitrogen and oxygen atoms in total. The summed E-state index contributed by atoms with van der Waals surface area (Å²) in [7, 11) is 0. The molecule has 0 atom stereocenters. The van der Waals surface area contributed by atoms with Crippen molar-refractivity contribution >= 4 is 0 Å². The SMILES string of the molecule is CCC(CC)OC1CC(CN)C1. The van der Waals surface area contributed by atoms with Crippen molar-refractivity contribution < 1.29 is 4.74 Å². The molecule has 0 unspecified atom stereocenters. The number of hydrogen-bond donors (Lipinski definition) is 1. The van der Waals surface area contributed by atoms with Crippen LogP contribution in [-0.2, 0) is 4.74 Å². The van der Waals surface area contributed by atoms with Crippen LogP contribution >= 0.6 is 0 Å². The van der Waals surface area contributed by atoms with E-state index in [1.165, 1.54) is 12.8 Å². The van der Waals surface area contributed by atoms with Crippen LogP contribution in [0.1, 0.15) is 39.5 Å². The molecule has 1 saturated carbocycles. The van der Waals surface area contributed by atoms with Crippen LogP contribution in [0.3, 0.4) is 0 Å². The maximum absolute atomic E-state index is 5.86. The molecule has 0 spiro atoms. The van der Waals surface area contributed by atoms with E-state index < -0.39 is 0 Å². The van der Waals surface area contributed by atoms with Crippen molar-refractivity contribution in [2.24, 2.45) is 11.7 Å². The molecule has 1 aliphatic rings. The summed E-state index contributed by atoms with van der Waals surface area (Å²) >= 11 is 0. The average molecular weight is 171 g/mol. The van der Waals surface area contributed by atoms with Crippen LogP contribution in [0.4, 0.5) is 0 Å². The van der Waals surface area contributed by atoms with Gasteiger partial charge in [0.1, 0.15) is 0 Å². The first-order valence-corrected chi connectivity index (χ1v) is 5.15. The lowest BCUT2D eigenvalue weighted by Crippen LogP contribution is -2.38. The fourth-order valence-electron chi connectivity index (χ4n) is 1.73. The van der Waals surface area contributed by atoms with Gasteiger partial charge in [-0.05, 0) is 38.1 Å². The third-order valence-electron chi connectivity index (χ3n) is 2.82. The highest BCUT2D eigenvalue weighted by Gasteiger charge is 2.29. The highest BCUT2D eigenvalue weighted by Crippen LogP contribution is 2.30. The highest BCUT2D eigenvalue weighted by molar-refractivity contribution is 4.81. The Hall–Kier alpha value is -0.0800. The molecule has 2 heteroatoms. The standard InChI is InChI=1S/C10H21NO/c1-3-9(4-2)12-10-5-8(6-10)7-11/h8-10H,3-7,11H2,1-2H3. The molecule has 0 heterocycles. The van der Waals surface area contributed by atoms with E-state index in [9.17, 15) is 0 Å². The van der Waals surface area contributed by atoms with Gasteiger partial charge >= 0.3 is 0 Å². The second kappa shape index (κ2) is 4.83. The van der Waals surface area contributed by atoms with E-state index in [2.05, 4.69) is 13.8 Å². The van der Waals surface area contributed by atoms with Crippen LogP contribution in [0.15, 0.2) is 0 Å². The van der Waals surface area contributed by atoms with E-state index in [0.717, 1.165) is 25.3 Å². The van der Waals surface area contributed by atoms with Gasteiger partial charge in [-0.3, -0.25) is 0 Å². The Bertz CT molecular complexity index is 117. The monoisotopic (exact) mass is 171 g/mol. The zero-order valence-corrected chi connectivity index (χ0v) is 8.25. The van der Waals surface area contributed by atoms with Crippen LogP contribution in [0.5, 0.6) is 0 Å². The molecule has 72 valence electrons. The summed E-state index contributed by atoms with van der Waals surface area (Å²) in [6, 6.07) is 0. The summed E-state index contributed by atoms with van der Waals surface area (Å²) in [6.45, 7) is 5.21. The molecule has 1 fully saturated rings. The van der Waals surface area contributed by atoms with Gasteiger partial charge < -0.3 is 10.5 Å². The van der Waals surface area contributed by atoms with E-state index in [0.29, 0.717) is 12.2 Å². The van der Waals surface area contributed by atoms with Crippen molar-refractivity contribution in [2.45, 2.75) is 51.7 Å². The van der Waals surface area contributed by atoms with Crippen molar-refractivity contribution in [1.82, 2.24) is 0 Å². The Morgan fingerprint density at radius 2 is 1.92 bits per heavy atom. The van der Waals surface area contributed by atoms with Gasteiger partial charge in [0.05, 0.1) is 12.2 Å². The summed E-state index contributed by atoms with van der Waals surface area (Å²) in [5.74, 6) is 0.740. The molecule has 0 saturated heterocycles. The smallest absolute Gasteiger partial charge is 0.0585 e. The van der Waals surface area contributed by atoms with Gasteiger partial charge in [0.15, 0.2) is 0 Å². The van der Waals surface area contributed by atoms with Crippen LogP contribution in [0, 0.1) is 5.92 Å². The molecular weight excluding hydrogens is 150 g/mol. The number of nitrogens with two attached hydrogens (primary N) is 1. The summed E-state index contributed by atoms with van der Waals surface area (Å²) in [4.78, 5) is 0.